The van der Waals surface area contributed by atoms with Gasteiger partial charge < -0.3 is 10.6 Å². The SMILES string of the molecule is CC(=O)Nc1ccc(CCNCc2ccc(C#N)cc2)cc1. The Hall–Kier alpha value is -2.64. The van der Waals surface area contributed by atoms with Gasteiger partial charge in [0.15, 0.2) is 0 Å². The van der Waals surface area contributed by atoms with Crippen molar-refractivity contribution in [3.8, 4) is 6.07 Å². The smallest absolute Gasteiger partial charge is 0.221 e. The summed E-state index contributed by atoms with van der Waals surface area (Å²) in [4.78, 5) is 10.9. The molecule has 0 heterocycles. The topological polar surface area (TPSA) is 64.9 Å². The summed E-state index contributed by atoms with van der Waals surface area (Å²) in [5.41, 5.74) is 3.89. The lowest BCUT2D eigenvalue weighted by Gasteiger charge is -2.07. The first kappa shape index (κ1) is 15.7. The Morgan fingerprint density at radius 2 is 1.68 bits per heavy atom. The Balaban J connectivity index is 1.74. The number of carbonyl (C=O) groups excluding carboxylic acids is 1. The number of rotatable bonds is 6. The Bertz CT molecular complexity index is 654. The number of carbonyl (C=O) groups is 1. The van der Waals surface area contributed by atoms with Gasteiger partial charge in [-0.15, -0.1) is 0 Å². The molecule has 0 bridgehead atoms. The number of nitriles is 1. The molecule has 4 heteroatoms. The van der Waals surface area contributed by atoms with Crippen molar-refractivity contribution in [2.24, 2.45) is 0 Å². The van der Waals surface area contributed by atoms with E-state index in [1.807, 2.05) is 48.5 Å². The van der Waals surface area contributed by atoms with Gasteiger partial charge in [0.25, 0.3) is 0 Å². The highest BCUT2D eigenvalue weighted by Gasteiger charge is 1.98. The molecule has 0 atom stereocenters. The van der Waals surface area contributed by atoms with Crippen LogP contribution in [-0.2, 0) is 17.8 Å². The molecule has 4 nitrogen and oxygen atoms in total. The molecule has 0 spiro atoms. The number of anilines is 1. The van der Waals surface area contributed by atoms with E-state index >= 15 is 0 Å². The Morgan fingerprint density at radius 1 is 1.05 bits per heavy atom. The highest BCUT2D eigenvalue weighted by atomic mass is 16.1. The second-order valence-electron chi connectivity index (χ2n) is 5.11. The molecule has 0 aliphatic rings. The molecule has 0 unspecified atom stereocenters. The standard InChI is InChI=1S/C18H19N3O/c1-14(22)21-18-8-6-15(7-9-18)10-11-20-13-17-4-2-16(12-19)3-5-17/h2-9,20H,10-11,13H2,1H3,(H,21,22). The van der Waals surface area contributed by atoms with Gasteiger partial charge >= 0.3 is 0 Å². The Kier molecular flexibility index (Phi) is 5.70. The molecule has 2 rings (SSSR count). The van der Waals surface area contributed by atoms with Crippen molar-refractivity contribution in [2.75, 3.05) is 11.9 Å². The van der Waals surface area contributed by atoms with Gasteiger partial charge in [-0.1, -0.05) is 24.3 Å². The molecule has 112 valence electrons. The number of nitrogens with zero attached hydrogens (tertiary/aromatic N) is 1. The summed E-state index contributed by atoms with van der Waals surface area (Å²) in [5, 5.41) is 14.9. The average molecular weight is 293 g/mol. The van der Waals surface area contributed by atoms with Crippen LogP contribution in [0.2, 0.25) is 0 Å². The zero-order valence-electron chi connectivity index (χ0n) is 12.6. The monoisotopic (exact) mass is 293 g/mol. The van der Waals surface area contributed by atoms with Gasteiger partial charge in [-0.3, -0.25) is 4.79 Å². The van der Waals surface area contributed by atoms with E-state index in [1.54, 1.807) is 0 Å². The Labute approximate surface area is 130 Å². The van der Waals surface area contributed by atoms with Crippen molar-refractivity contribution in [3.63, 3.8) is 0 Å². The van der Waals surface area contributed by atoms with Crippen LogP contribution in [-0.4, -0.2) is 12.5 Å². The van der Waals surface area contributed by atoms with Gasteiger partial charge in [0.1, 0.15) is 0 Å². The lowest BCUT2D eigenvalue weighted by molar-refractivity contribution is -0.114. The highest BCUT2D eigenvalue weighted by Crippen LogP contribution is 2.10. The van der Waals surface area contributed by atoms with E-state index < -0.39 is 0 Å². The summed E-state index contributed by atoms with van der Waals surface area (Å²) in [7, 11) is 0. The third-order valence-corrected chi connectivity index (χ3v) is 3.28. The van der Waals surface area contributed by atoms with Crippen molar-refractivity contribution >= 4 is 11.6 Å². The minimum atomic E-state index is -0.0585. The van der Waals surface area contributed by atoms with Crippen LogP contribution in [0.4, 0.5) is 5.69 Å². The number of amides is 1. The molecule has 0 saturated heterocycles. The molecule has 2 aromatic rings. The quantitative estimate of drug-likeness (QED) is 0.805. The molecule has 2 aromatic carbocycles. The second-order valence-corrected chi connectivity index (χ2v) is 5.11. The number of benzene rings is 2. The van der Waals surface area contributed by atoms with Gasteiger partial charge in [0.05, 0.1) is 11.6 Å². The lowest BCUT2D eigenvalue weighted by Crippen LogP contribution is -2.16. The molecule has 1 amide bonds. The van der Waals surface area contributed by atoms with Crippen molar-refractivity contribution in [2.45, 2.75) is 19.9 Å². The van der Waals surface area contributed by atoms with Crippen molar-refractivity contribution < 1.29 is 4.79 Å². The molecule has 0 radical (unpaired) electrons. The molecular formula is C18H19N3O. The summed E-state index contributed by atoms with van der Waals surface area (Å²) < 4.78 is 0. The van der Waals surface area contributed by atoms with Gasteiger partial charge in [-0.25, -0.2) is 0 Å². The van der Waals surface area contributed by atoms with Crippen LogP contribution in [0.1, 0.15) is 23.6 Å². The van der Waals surface area contributed by atoms with E-state index in [0.29, 0.717) is 5.56 Å². The van der Waals surface area contributed by atoms with Crippen LogP contribution in [0, 0.1) is 11.3 Å². The fourth-order valence-corrected chi connectivity index (χ4v) is 2.12. The van der Waals surface area contributed by atoms with Gasteiger partial charge in [-0.2, -0.15) is 5.26 Å². The molecular weight excluding hydrogens is 274 g/mol. The molecule has 0 fully saturated rings. The molecule has 0 saturated carbocycles. The fourth-order valence-electron chi connectivity index (χ4n) is 2.12. The van der Waals surface area contributed by atoms with Crippen LogP contribution in [0.5, 0.6) is 0 Å². The summed E-state index contributed by atoms with van der Waals surface area (Å²) in [6, 6.07) is 17.6. The number of hydrogen-bond acceptors (Lipinski definition) is 3. The highest BCUT2D eigenvalue weighted by molar-refractivity contribution is 5.88. The fraction of sp³-hybridized carbons (Fsp3) is 0.222. The zero-order valence-corrected chi connectivity index (χ0v) is 12.6. The van der Waals surface area contributed by atoms with Gasteiger partial charge in [0, 0.05) is 19.2 Å². The molecule has 2 N–H and O–H groups in total. The summed E-state index contributed by atoms with van der Waals surface area (Å²) >= 11 is 0. The second kappa shape index (κ2) is 7.96. The van der Waals surface area contributed by atoms with E-state index in [0.717, 1.165) is 25.2 Å². The van der Waals surface area contributed by atoms with Crippen LogP contribution < -0.4 is 10.6 Å². The molecule has 0 aromatic heterocycles. The number of hydrogen-bond donors (Lipinski definition) is 2. The third kappa shape index (κ3) is 5.04. The lowest BCUT2D eigenvalue weighted by atomic mass is 10.1. The van der Waals surface area contributed by atoms with Crippen molar-refractivity contribution in [1.82, 2.24) is 5.32 Å². The van der Waals surface area contributed by atoms with Gasteiger partial charge in [-0.05, 0) is 48.4 Å². The van der Waals surface area contributed by atoms with Crippen LogP contribution in [0.15, 0.2) is 48.5 Å². The van der Waals surface area contributed by atoms with Crippen molar-refractivity contribution in [3.05, 3.63) is 65.2 Å². The maximum atomic E-state index is 10.9. The Morgan fingerprint density at radius 3 is 2.27 bits per heavy atom. The molecule has 0 aliphatic carbocycles. The van der Waals surface area contributed by atoms with Crippen LogP contribution in [0.25, 0.3) is 0 Å². The zero-order chi connectivity index (χ0) is 15.8. The first-order chi connectivity index (χ1) is 10.7. The minimum absolute atomic E-state index is 0.0585. The maximum Gasteiger partial charge on any atom is 0.221 e. The maximum absolute atomic E-state index is 10.9. The average Bonchev–Trinajstić information content (AvgIpc) is 2.53. The van der Waals surface area contributed by atoms with E-state index in [2.05, 4.69) is 16.7 Å². The minimum Gasteiger partial charge on any atom is -0.326 e. The summed E-state index contributed by atoms with van der Waals surface area (Å²) in [5.74, 6) is -0.0585. The normalized spacial score (nSPS) is 10.0. The molecule has 22 heavy (non-hydrogen) atoms. The molecule has 0 aliphatic heterocycles. The predicted octanol–water partition coefficient (Wildman–Crippen LogP) is 2.85. The van der Waals surface area contributed by atoms with Gasteiger partial charge in [0.2, 0.25) is 5.91 Å². The first-order valence-electron chi connectivity index (χ1n) is 7.23. The first-order valence-corrected chi connectivity index (χ1v) is 7.23. The largest absolute Gasteiger partial charge is 0.326 e. The van der Waals surface area contributed by atoms with E-state index in [1.165, 1.54) is 18.1 Å². The van der Waals surface area contributed by atoms with Crippen LogP contribution >= 0.6 is 0 Å². The van der Waals surface area contributed by atoms with E-state index in [4.69, 9.17) is 5.26 Å². The third-order valence-electron chi connectivity index (χ3n) is 3.28. The van der Waals surface area contributed by atoms with E-state index in [9.17, 15) is 4.79 Å². The predicted molar refractivity (Wildman–Crippen MR) is 87.3 cm³/mol. The van der Waals surface area contributed by atoms with E-state index in [-0.39, 0.29) is 5.91 Å². The van der Waals surface area contributed by atoms with Crippen LogP contribution in [0.3, 0.4) is 0 Å². The summed E-state index contributed by atoms with van der Waals surface area (Å²) in [6.07, 6.45) is 0.927. The summed E-state index contributed by atoms with van der Waals surface area (Å²) in [6.45, 7) is 3.16. The van der Waals surface area contributed by atoms with Crippen molar-refractivity contribution in [1.29, 1.82) is 5.26 Å². The number of nitrogens with one attached hydrogen (secondary N) is 2.